The molecule has 0 bridgehead atoms. The van der Waals surface area contributed by atoms with E-state index in [0.29, 0.717) is 6.04 Å². The van der Waals surface area contributed by atoms with Gasteiger partial charge in [-0.3, -0.25) is 0 Å². The molecule has 0 saturated heterocycles. The second-order valence-electron chi connectivity index (χ2n) is 5.57. The lowest BCUT2D eigenvalue weighted by Gasteiger charge is -2.20. The van der Waals surface area contributed by atoms with Gasteiger partial charge < -0.3 is 10.3 Å². The van der Waals surface area contributed by atoms with E-state index in [1.54, 1.807) is 0 Å². The van der Waals surface area contributed by atoms with Crippen molar-refractivity contribution >= 4 is 10.9 Å². The number of nitrogens with one attached hydrogen (secondary N) is 2. The maximum Gasteiger partial charge on any atom is 0.0457 e. The van der Waals surface area contributed by atoms with Crippen LogP contribution in [0.2, 0.25) is 0 Å². The molecule has 0 spiro atoms. The fourth-order valence-corrected chi connectivity index (χ4v) is 3.17. The fourth-order valence-electron chi connectivity index (χ4n) is 3.17. The molecule has 1 fully saturated rings. The van der Waals surface area contributed by atoms with E-state index in [2.05, 4.69) is 47.7 Å². The molecule has 2 nitrogen and oxygen atoms in total. The van der Waals surface area contributed by atoms with Crippen LogP contribution < -0.4 is 5.32 Å². The molecule has 18 heavy (non-hydrogen) atoms. The van der Waals surface area contributed by atoms with Gasteiger partial charge in [0.15, 0.2) is 0 Å². The van der Waals surface area contributed by atoms with E-state index in [-0.39, 0.29) is 0 Å². The topological polar surface area (TPSA) is 27.8 Å². The van der Waals surface area contributed by atoms with Crippen LogP contribution in [0.4, 0.5) is 0 Å². The Balaban J connectivity index is 1.65. The van der Waals surface area contributed by atoms with Gasteiger partial charge in [0.25, 0.3) is 0 Å². The first kappa shape index (κ1) is 11.8. The van der Waals surface area contributed by atoms with Gasteiger partial charge in [-0.2, -0.15) is 0 Å². The standard InChI is InChI=1S/C16H22N2/c1-12(13-6-2-3-7-13)17-10-14-11-18-16-9-5-4-8-15(14)16/h4-5,8-9,11-13,17-18H,2-3,6-7,10H2,1H3/t12-/m1/s1. The number of para-hydroxylation sites is 1. The molecular weight excluding hydrogens is 220 g/mol. The minimum Gasteiger partial charge on any atom is -0.361 e. The summed E-state index contributed by atoms with van der Waals surface area (Å²) in [6.45, 7) is 3.31. The van der Waals surface area contributed by atoms with Crippen LogP contribution >= 0.6 is 0 Å². The highest BCUT2D eigenvalue weighted by molar-refractivity contribution is 5.82. The Kier molecular flexibility index (Phi) is 3.37. The molecule has 0 unspecified atom stereocenters. The first-order valence-electron chi connectivity index (χ1n) is 7.13. The van der Waals surface area contributed by atoms with E-state index in [4.69, 9.17) is 0 Å². The second kappa shape index (κ2) is 5.15. The summed E-state index contributed by atoms with van der Waals surface area (Å²) < 4.78 is 0. The third kappa shape index (κ3) is 2.30. The number of rotatable bonds is 4. The monoisotopic (exact) mass is 242 g/mol. The Hall–Kier alpha value is -1.28. The zero-order chi connectivity index (χ0) is 12.4. The Morgan fingerprint density at radius 1 is 1.28 bits per heavy atom. The van der Waals surface area contributed by atoms with Gasteiger partial charge in [-0.1, -0.05) is 31.0 Å². The number of H-pyrrole nitrogens is 1. The molecule has 2 heteroatoms. The van der Waals surface area contributed by atoms with Crippen molar-refractivity contribution in [3.05, 3.63) is 36.0 Å². The van der Waals surface area contributed by atoms with Gasteiger partial charge in [-0.25, -0.2) is 0 Å². The molecule has 1 atom stereocenters. The van der Waals surface area contributed by atoms with Gasteiger partial charge in [-0.15, -0.1) is 0 Å². The predicted octanol–water partition coefficient (Wildman–Crippen LogP) is 3.84. The highest BCUT2D eigenvalue weighted by Crippen LogP contribution is 2.28. The smallest absolute Gasteiger partial charge is 0.0457 e. The lowest BCUT2D eigenvalue weighted by molar-refractivity contribution is 0.381. The molecule has 96 valence electrons. The largest absolute Gasteiger partial charge is 0.361 e. The van der Waals surface area contributed by atoms with Crippen molar-refractivity contribution in [3.63, 3.8) is 0 Å². The number of benzene rings is 1. The maximum absolute atomic E-state index is 3.70. The molecule has 1 saturated carbocycles. The third-order valence-electron chi connectivity index (χ3n) is 4.40. The van der Waals surface area contributed by atoms with E-state index in [1.807, 2.05) is 0 Å². The van der Waals surface area contributed by atoms with Crippen molar-refractivity contribution in [2.75, 3.05) is 0 Å². The van der Waals surface area contributed by atoms with Crippen LogP contribution in [0.3, 0.4) is 0 Å². The maximum atomic E-state index is 3.70. The summed E-state index contributed by atoms with van der Waals surface area (Å²) in [5, 5.41) is 5.05. The van der Waals surface area contributed by atoms with Crippen molar-refractivity contribution < 1.29 is 0 Å². The van der Waals surface area contributed by atoms with Crippen LogP contribution in [0.25, 0.3) is 10.9 Å². The molecular formula is C16H22N2. The summed E-state index contributed by atoms with van der Waals surface area (Å²) in [5.41, 5.74) is 2.62. The molecule has 0 radical (unpaired) electrons. The highest BCUT2D eigenvalue weighted by atomic mass is 14.9. The molecule has 1 aliphatic carbocycles. The molecule has 1 heterocycles. The molecule has 1 aromatic heterocycles. The van der Waals surface area contributed by atoms with Crippen molar-refractivity contribution in [2.45, 2.75) is 45.2 Å². The summed E-state index contributed by atoms with van der Waals surface area (Å²) in [4.78, 5) is 3.34. The minimum atomic E-state index is 0.640. The van der Waals surface area contributed by atoms with Crippen LogP contribution in [0.15, 0.2) is 30.5 Å². The minimum absolute atomic E-state index is 0.640. The van der Waals surface area contributed by atoms with Crippen LogP contribution in [-0.4, -0.2) is 11.0 Å². The number of hydrogen-bond acceptors (Lipinski definition) is 1. The van der Waals surface area contributed by atoms with Gasteiger partial charge >= 0.3 is 0 Å². The van der Waals surface area contributed by atoms with Gasteiger partial charge in [0, 0.05) is 29.7 Å². The Morgan fingerprint density at radius 3 is 2.89 bits per heavy atom. The molecule has 1 aromatic carbocycles. The third-order valence-corrected chi connectivity index (χ3v) is 4.40. The van der Waals surface area contributed by atoms with Crippen molar-refractivity contribution in [1.29, 1.82) is 0 Å². The molecule has 2 N–H and O–H groups in total. The van der Waals surface area contributed by atoms with E-state index in [1.165, 1.54) is 42.1 Å². The number of fused-ring (bicyclic) bond motifs is 1. The Labute approximate surface area is 109 Å². The SMILES string of the molecule is C[C@@H](NCc1c[nH]c2ccccc12)C1CCCC1. The quantitative estimate of drug-likeness (QED) is 0.837. The zero-order valence-corrected chi connectivity index (χ0v) is 11.1. The van der Waals surface area contributed by atoms with E-state index < -0.39 is 0 Å². The number of aromatic nitrogens is 1. The molecule has 0 aliphatic heterocycles. The van der Waals surface area contributed by atoms with E-state index in [0.717, 1.165) is 12.5 Å². The van der Waals surface area contributed by atoms with Gasteiger partial charge in [0.2, 0.25) is 0 Å². The summed E-state index contributed by atoms with van der Waals surface area (Å²) in [5.74, 6) is 0.884. The predicted molar refractivity (Wildman–Crippen MR) is 76.6 cm³/mol. The summed E-state index contributed by atoms with van der Waals surface area (Å²) in [6.07, 6.45) is 7.79. The average molecular weight is 242 g/mol. The molecule has 0 amide bonds. The molecule has 2 aromatic rings. The summed E-state index contributed by atoms with van der Waals surface area (Å²) >= 11 is 0. The van der Waals surface area contributed by atoms with Crippen LogP contribution in [-0.2, 0) is 6.54 Å². The normalized spacial score (nSPS) is 18.5. The van der Waals surface area contributed by atoms with Gasteiger partial charge in [0.1, 0.15) is 0 Å². The highest BCUT2D eigenvalue weighted by Gasteiger charge is 2.21. The van der Waals surface area contributed by atoms with Crippen molar-refractivity contribution in [1.82, 2.24) is 10.3 Å². The summed E-state index contributed by atoms with van der Waals surface area (Å²) in [6, 6.07) is 9.17. The van der Waals surface area contributed by atoms with Crippen molar-refractivity contribution in [3.8, 4) is 0 Å². The van der Waals surface area contributed by atoms with E-state index in [9.17, 15) is 0 Å². The van der Waals surface area contributed by atoms with Crippen molar-refractivity contribution in [2.24, 2.45) is 5.92 Å². The van der Waals surface area contributed by atoms with Gasteiger partial charge in [0.05, 0.1) is 0 Å². The average Bonchev–Trinajstić information content (AvgIpc) is 3.06. The first-order chi connectivity index (χ1) is 8.84. The van der Waals surface area contributed by atoms with E-state index >= 15 is 0 Å². The number of hydrogen-bond donors (Lipinski definition) is 2. The Bertz CT molecular complexity index is 509. The first-order valence-corrected chi connectivity index (χ1v) is 7.13. The fraction of sp³-hybridized carbons (Fsp3) is 0.500. The number of aromatic amines is 1. The molecule has 3 rings (SSSR count). The summed E-state index contributed by atoms with van der Waals surface area (Å²) in [7, 11) is 0. The second-order valence-corrected chi connectivity index (χ2v) is 5.57. The van der Waals surface area contributed by atoms with Crippen LogP contribution in [0.1, 0.15) is 38.2 Å². The lowest BCUT2D eigenvalue weighted by atomic mass is 9.99. The van der Waals surface area contributed by atoms with Crippen LogP contribution in [0, 0.1) is 5.92 Å². The van der Waals surface area contributed by atoms with Gasteiger partial charge in [-0.05, 0) is 37.3 Å². The zero-order valence-electron chi connectivity index (χ0n) is 11.1. The van der Waals surface area contributed by atoms with Crippen LogP contribution in [0.5, 0.6) is 0 Å². The molecule has 1 aliphatic rings. The lowest BCUT2D eigenvalue weighted by Crippen LogP contribution is -2.31. The Morgan fingerprint density at radius 2 is 2.06 bits per heavy atom.